The summed E-state index contributed by atoms with van der Waals surface area (Å²) in [6.07, 6.45) is 0. The van der Waals surface area contributed by atoms with E-state index in [0.29, 0.717) is 5.56 Å². The van der Waals surface area contributed by atoms with E-state index >= 15 is 0 Å². The van der Waals surface area contributed by atoms with Crippen molar-refractivity contribution < 1.29 is 13.9 Å². The lowest BCUT2D eigenvalue weighted by Crippen LogP contribution is -2.08. The third-order valence-corrected chi connectivity index (χ3v) is 2.99. The molecule has 0 aliphatic carbocycles. The van der Waals surface area contributed by atoms with E-state index in [-0.39, 0.29) is 23.5 Å². The van der Waals surface area contributed by atoms with Gasteiger partial charge in [-0.25, -0.2) is 4.39 Å². The number of para-hydroxylation sites is 1. The molecule has 2 rings (SSSR count). The highest BCUT2D eigenvalue weighted by atomic mass is 35.5. The summed E-state index contributed by atoms with van der Waals surface area (Å²) in [4.78, 5) is 11.9. The third kappa shape index (κ3) is 2.72. The van der Waals surface area contributed by atoms with E-state index in [1.807, 2.05) is 0 Å². The summed E-state index contributed by atoms with van der Waals surface area (Å²) in [6.45, 7) is 0. The van der Waals surface area contributed by atoms with Crippen LogP contribution in [0.15, 0.2) is 18.2 Å². The number of ether oxygens (including phenoxy) is 2. The number of halogens is 2. The number of anilines is 1. The van der Waals surface area contributed by atoms with Crippen LogP contribution in [-0.4, -0.2) is 29.2 Å². The topological polar surface area (TPSA) is 83.2 Å². The van der Waals surface area contributed by atoms with Gasteiger partial charge in [0.2, 0.25) is 0 Å². The van der Waals surface area contributed by atoms with Gasteiger partial charge in [-0.05, 0) is 6.07 Å². The number of benzene rings is 1. The Morgan fingerprint density at radius 1 is 1.15 bits per heavy atom. The summed E-state index contributed by atoms with van der Waals surface area (Å²) in [6, 6.07) is 4.45. The summed E-state index contributed by atoms with van der Waals surface area (Å²) >= 11 is 6.26. The first-order chi connectivity index (χ1) is 9.56. The lowest BCUT2D eigenvalue weighted by Gasteiger charge is -2.12. The Hall–Kier alpha value is -2.15. The standard InChI is InChI=1S/C12H12ClFN4O2/c1-19-11-16-10(17-12(18-11)20-2)8(13)6-4-3-5-7(14)9(6)15/h3-5,8H,15H2,1-2H3. The van der Waals surface area contributed by atoms with E-state index in [2.05, 4.69) is 15.0 Å². The van der Waals surface area contributed by atoms with E-state index < -0.39 is 11.2 Å². The Morgan fingerprint density at radius 3 is 2.30 bits per heavy atom. The highest BCUT2D eigenvalue weighted by Crippen LogP contribution is 2.32. The normalized spacial score (nSPS) is 12.0. The first kappa shape index (κ1) is 14.3. The molecule has 1 aromatic carbocycles. The van der Waals surface area contributed by atoms with Gasteiger partial charge in [-0.2, -0.15) is 9.97 Å². The lowest BCUT2D eigenvalue weighted by atomic mass is 10.1. The fourth-order valence-corrected chi connectivity index (χ4v) is 1.85. The maximum atomic E-state index is 13.5. The van der Waals surface area contributed by atoms with Crippen molar-refractivity contribution in [2.45, 2.75) is 5.38 Å². The molecule has 0 aliphatic heterocycles. The monoisotopic (exact) mass is 298 g/mol. The minimum absolute atomic E-state index is 0.0486. The highest BCUT2D eigenvalue weighted by Gasteiger charge is 2.21. The van der Waals surface area contributed by atoms with Crippen LogP contribution in [-0.2, 0) is 0 Å². The van der Waals surface area contributed by atoms with Crippen molar-refractivity contribution in [3.8, 4) is 12.0 Å². The zero-order chi connectivity index (χ0) is 14.7. The molecule has 2 N–H and O–H groups in total. The maximum absolute atomic E-state index is 13.5. The van der Waals surface area contributed by atoms with Gasteiger partial charge in [0.1, 0.15) is 11.2 Å². The summed E-state index contributed by atoms with van der Waals surface area (Å²) in [7, 11) is 2.80. The van der Waals surface area contributed by atoms with E-state index in [1.165, 1.54) is 26.4 Å². The van der Waals surface area contributed by atoms with Crippen LogP contribution in [0.4, 0.5) is 10.1 Å². The van der Waals surface area contributed by atoms with Crippen LogP contribution in [0, 0.1) is 5.82 Å². The van der Waals surface area contributed by atoms with Gasteiger partial charge in [0.05, 0.1) is 19.9 Å². The molecule has 0 saturated heterocycles. The molecule has 0 saturated carbocycles. The van der Waals surface area contributed by atoms with Crippen molar-refractivity contribution in [1.29, 1.82) is 0 Å². The Balaban J connectivity index is 2.47. The largest absolute Gasteiger partial charge is 0.467 e. The smallest absolute Gasteiger partial charge is 0.322 e. The lowest BCUT2D eigenvalue weighted by molar-refractivity contribution is 0.336. The number of aromatic nitrogens is 3. The Morgan fingerprint density at radius 2 is 1.75 bits per heavy atom. The van der Waals surface area contributed by atoms with Gasteiger partial charge in [-0.1, -0.05) is 12.1 Å². The molecule has 0 amide bonds. The molecule has 1 heterocycles. The Bertz CT molecular complexity index is 604. The molecule has 0 radical (unpaired) electrons. The summed E-state index contributed by atoms with van der Waals surface area (Å²) in [5.41, 5.74) is 5.98. The van der Waals surface area contributed by atoms with Gasteiger partial charge in [0.25, 0.3) is 0 Å². The van der Waals surface area contributed by atoms with Crippen LogP contribution in [0.3, 0.4) is 0 Å². The number of hydrogen-bond donors (Lipinski definition) is 1. The average molecular weight is 299 g/mol. The van der Waals surface area contributed by atoms with Crippen LogP contribution in [0.25, 0.3) is 0 Å². The number of methoxy groups -OCH3 is 2. The SMILES string of the molecule is COc1nc(OC)nc(C(Cl)c2cccc(F)c2N)n1. The minimum atomic E-state index is -0.850. The van der Waals surface area contributed by atoms with Crippen LogP contribution in [0.5, 0.6) is 12.0 Å². The van der Waals surface area contributed by atoms with Crippen molar-refractivity contribution in [2.75, 3.05) is 20.0 Å². The minimum Gasteiger partial charge on any atom is -0.467 e. The van der Waals surface area contributed by atoms with Gasteiger partial charge in [-0.15, -0.1) is 16.6 Å². The first-order valence-electron chi connectivity index (χ1n) is 5.58. The van der Waals surface area contributed by atoms with Gasteiger partial charge in [-0.3, -0.25) is 0 Å². The molecule has 1 aromatic heterocycles. The fraction of sp³-hybridized carbons (Fsp3) is 0.250. The van der Waals surface area contributed by atoms with E-state index in [9.17, 15) is 4.39 Å². The van der Waals surface area contributed by atoms with Gasteiger partial charge >= 0.3 is 12.0 Å². The molecule has 8 heteroatoms. The molecule has 6 nitrogen and oxygen atoms in total. The Kier molecular flexibility index (Phi) is 4.19. The van der Waals surface area contributed by atoms with Crippen molar-refractivity contribution in [2.24, 2.45) is 0 Å². The number of nitrogens with two attached hydrogens (primary N) is 1. The summed E-state index contributed by atoms with van der Waals surface area (Å²) in [5.74, 6) is -0.395. The second-order valence-electron chi connectivity index (χ2n) is 3.77. The van der Waals surface area contributed by atoms with Gasteiger partial charge in [0, 0.05) is 5.56 Å². The molecule has 20 heavy (non-hydrogen) atoms. The van der Waals surface area contributed by atoms with Crippen molar-refractivity contribution in [1.82, 2.24) is 15.0 Å². The summed E-state index contributed by atoms with van der Waals surface area (Å²) in [5, 5.41) is -0.850. The second-order valence-corrected chi connectivity index (χ2v) is 4.21. The quantitative estimate of drug-likeness (QED) is 0.686. The second kappa shape index (κ2) is 5.87. The van der Waals surface area contributed by atoms with Crippen LogP contribution >= 0.6 is 11.6 Å². The molecule has 1 unspecified atom stereocenters. The average Bonchev–Trinajstić information content (AvgIpc) is 2.48. The van der Waals surface area contributed by atoms with E-state index in [1.54, 1.807) is 6.07 Å². The number of rotatable bonds is 4. The number of nitrogen functional groups attached to an aromatic ring is 1. The molecular weight excluding hydrogens is 287 g/mol. The third-order valence-electron chi connectivity index (χ3n) is 2.56. The predicted octanol–water partition coefficient (Wildman–Crippen LogP) is 1.94. The zero-order valence-electron chi connectivity index (χ0n) is 10.8. The Labute approximate surface area is 119 Å². The molecule has 0 bridgehead atoms. The van der Waals surface area contributed by atoms with Crippen molar-refractivity contribution >= 4 is 17.3 Å². The molecule has 106 valence electrons. The molecular formula is C12H12ClFN4O2. The zero-order valence-corrected chi connectivity index (χ0v) is 11.6. The van der Waals surface area contributed by atoms with Gasteiger partial charge < -0.3 is 15.2 Å². The highest BCUT2D eigenvalue weighted by molar-refractivity contribution is 6.22. The van der Waals surface area contributed by atoms with Crippen LogP contribution < -0.4 is 15.2 Å². The van der Waals surface area contributed by atoms with Crippen LogP contribution in [0.2, 0.25) is 0 Å². The van der Waals surface area contributed by atoms with Crippen LogP contribution in [0.1, 0.15) is 16.8 Å². The molecule has 2 aromatic rings. The fourth-order valence-electron chi connectivity index (χ4n) is 1.56. The van der Waals surface area contributed by atoms with E-state index in [4.69, 9.17) is 26.8 Å². The van der Waals surface area contributed by atoms with Crippen molar-refractivity contribution in [3.05, 3.63) is 35.4 Å². The molecule has 1 atom stereocenters. The first-order valence-corrected chi connectivity index (χ1v) is 6.02. The number of nitrogens with zero attached hydrogens (tertiary/aromatic N) is 3. The molecule has 0 aliphatic rings. The van der Waals surface area contributed by atoms with Crippen molar-refractivity contribution in [3.63, 3.8) is 0 Å². The summed E-state index contributed by atoms with van der Waals surface area (Å²) < 4.78 is 23.3. The van der Waals surface area contributed by atoms with E-state index in [0.717, 1.165) is 0 Å². The van der Waals surface area contributed by atoms with Gasteiger partial charge in [0.15, 0.2) is 5.82 Å². The molecule has 0 spiro atoms. The number of hydrogen-bond acceptors (Lipinski definition) is 6. The maximum Gasteiger partial charge on any atom is 0.322 e. The predicted molar refractivity (Wildman–Crippen MR) is 71.4 cm³/mol. The molecule has 0 fully saturated rings. The number of alkyl halides is 1.